The van der Waals surface area contributed by atoms with Gasteiger partial charge < -0.3 is 4.74 Å². The Kier molecular flexibility index (Phi) is 3.21. The van der Waals surface area contributed by atoms with E-state index in [-0.39, 0.29) is 15.6 Å². The first-order valence-electron chi connectivity index (χ1n) is 3.71. The standard InChI is InChI=1S/C9H7BrF2O2/c1-4-7(11)5(9(13)14-2)3-6(10)8(4)12/h3H,1-2H3. The number of esters is 1. The molecule has 0 saturated heterocycles. The number of methoxy groups -OCH3 is 1. The van der Waals surface area contributed by atoms with Gasteiger partial charge in [0, 0.05) is 5.56 Å². The molecule has 5 heteroatoms. The molecule has 0 aliphatic rings. The third kappa shape index (κ3) is 1.77. The summed E-state index contributed by atoms with van der Waals surface area (Å²) in [5.74, 6) is -2.43. The summed E-state index contributed by atoms with van der Waals surface area (Å²) in [6.07, 6.45) is 0. The van der Waals surface area contributed by atoms with Gasteiger partial charge in [0.15, 0.2) is 0 Å². The van der Waals surface area contributed by atoms with Gasteiger partial charge in [-0.1, -0.05) is 0 Å². The molecule has 0 aliphatic carbocycles. The van der Waals surface area contributed by atoms with Crippen LogP contribution in [-0.4, -0.2) is 13.1 Å². The van der Waals surface area contributed by atoms with Crippen LogP contribution in [0.15, 0.2) is 10.5 Å². The first-order valence-corrected chi connectivity index (χ1v) is 4.50. The summed E-state index contributed by atoms with van der Waals surface area (Å²) in [5, 5.41) is 0. The summed E-state index contributed by atoms with van der Waals surface area (Å²) in [4.78, 5) is 11.0. The van der Waals surface area contributed by atoms with Crippen molar-refractivity contribution < 1.29 is 18.3 Å². The van der Waals surface area contributed by atoms with Gasteiger partial charge in [-0.3, -0.25) is 0 Å². The number of hydrogen-bond acceptors (Lipinski definition) is 2. The third-order valence-electron chi connectivity index (χ3n) is 1.78. The van der Waals surface area contributed by atoms with Crippen LogP contribution >= 0.6 is 15.9 Å². The van der Waals surface area contributed by atoms with Gasteiger partial charge in [-0.25, -0.2) is 13.6 Å². The van der Waals surface area contributed by atoms with Crippen LogP contribution in [0.25, 0.3) is 0 Å². The van der Waals surface area contributed by atoms with Crippen molar-refractivity contribution in [2.75, 3.05) is 7.11 Å². The average molecular weight is 265 g/mol. The zero-order valence-electron chi connectivity index (χ0n) is 7.53. The summed E-state index contributed by atoms with van der Waals surface area (Å²) < 4.78 is 30.8. The summed E-state index contributed by atoms with van der Waals surface area (Å²) >= 11 is 2.88. The molecule has 0 fully saturated rings. The Morgan fingerprint density at radius 2 is 2.00 bits per heavy atom. The fraction of sp³-hybridized carbons (Fsp3) is 0.222. The van der Waals surface area contributed by atoms with Gasteiger partial charge in [0.05, 0.1) is 17.1 Å². The van der Waals surface area contributed by atoms with Crippen molar-refractivity contribution in [3.63, 3.8) is 0 Å². The van der Waals surface area contributed by atoms with E-state index in [0.29, 0.717) is 0 Å². The van der Waals surface area contributed by atoms with Crippen molar-refractivity contribution in [3.05, 3.63) is 33.3 Å². The molecule has 0 N–H and O–H groups in total. The van der Waals surface area contributed by atoms with Crippen LogP contribution in [0, 0.1) is 18.6 Å². The molecule has 0 atom stereocenters. The number of hydrogen-bond donors (Lipinski definition) is 0. The SMILES string of the molecule is COC(=O)c1cc(Br)c(F)c(C)c1F. The Hall–Kier alpha value is -0.970. The van der Waals surface area contributed by atoms with E-state index in [4.69, 9.17) is 0 Å². The van der Waals surface area contributed by atoms with Gasteiger partial charge in [-0.15, -0.1) is 0 Å². The van der Waals surface area contributed by atoms with Gasteiger partial charge in [-0.2, -0.15) is 0 Å². The van der Waals surface area contributed by atoms with E-state index in [1.807, 2.05) is 0 Å². The van der Waals surface area contributed by atoms with Crippen LogP contribution in [-0.2, 0) is 4.74 Å². The number of ether oxygens (including phenoxy) is 1. The average Bonchev–Trinajstić information content (AvgIpc) is 2.19. The van der Waals surface area contributed by atoms with Crippen molar-refractivity contribution in [1.29, 1.82) is 0 Å². The molecule has 0 spiro atoms. The normalized spacial score (nSPS) is 10.1. The maximum absolute atomic E-state index is 13.3. The van der Waals surface area contributed by atoms with Crippen molar-refractivity contribution in [2.24, 2.45) is 0 Å². The lowest BCUT2D eigenvalue weighted by molar-refractivity contribution is 0.0595. The van der Waals surface area contributed by atoms with Gasteiger partial charge in [0.2, 0.25) is 0 Å². The minimum Gasteiger partial charge on any atom is -0.465 e. The van der Waals surface area contributed by atoms with Gasteiger partial charge in [0.1, 0.15) is 11.6 Å². The molecule has 0 saturated carbocycles. The minimum atomic E-state index is -0.891. The Morgan fingerprint density at radius 3 is 2.50 bits per heavy atom. The van der Waals surface area contributed by atoms with E-state index < -0.39 is 17.6 Å². The molecule has 0 aliphatic heterocycles. The van der Waals surface area contributed by atoms with Crippen LogP contribution in [0.2, 0.25) is 0 Å². The van der Waals surface area contributed by atoms with Crippen molar-refractivity contribution >= 4 is 21.9 Å². The van der Waals surface area contributed by atoms with E-state index in [1.165, 1.54) is 6.92 Å². The van der Waals surface area contributed by atoms with Crippen LogP contribution in [0.3, 0.4) is 0 Å². The highest BCUT2D eigenvalue weighted by Crippen LogP contribution is 2.24. The number of carbonyl (C=O) groups is 1. The number of halogens is 3. The maximum Gasteiger partial charge on any atom is 0.340 e. The second-order valence-corrected chi connectivity index (χ2v) is 3.50. The molecular weight excluding hydrogens is 258 g/mol. The van der Waals surface area contributed by atoms with Crippen LogP contribution < -0.4 is 0 Å². The van der Waals surface area contributed by atoms with Crippen LogP contribution in [0.4, 0.5) is 8.78 Å². The maximum atomic E-state index is 13.3. The monoisotopic (exact) mass is 264 g/mol. The number of benzene rings is 1. The predicted octanol–water partition coefficient (Wildman–Crippen LogP) is 2.82. The van der Waals surface area contributed by atoms with Crippen LogP contribution in [0.5, 0.6) is 0 Å². The molecule has 0 heterocycles. The second-order valence-electron chi connectivity index (χ2n) is 2.65. The second kappa shape index (κ2) is 4.04. The van der Waals surface area contributed by atoms with E-state index in [2.05, 4.69) is 20.7 Å². The summed E-state index contributed by atoms with van der Waals surface area (Å²) in [6, 6.07) is 1.06. The largest absolute Gasteiger partial charge is 0.465 e. The lowest BCUT2D eigenvalue weighted by Gasteiger charge is -2.06. The lowest BCUT2D eigenvalue weighted by Crippen LogP contribution is -2.07. The fourth-order valence-electron chi connectivity index (χ4n) is 0.989. The zero-order valence-corrected chi connectivity index (χ0v) is 9.11. The Morgan fingerprint density at radius 1 is 1.43 bits per heavy atom. The summed E-state index contributed by atoms with van der Waals surface area (Å²) in [5.41, 5.74) is -0.488. The molecule has 0 amide bonds. The highest BCUT2D eigenvalue weighted by atomic mass is 79.9. The zero-order chi connectivity index (χ0) is 10.9. The molecule has 1 rings (SSSR count). The van der Waals surface area contributed by atoms with Crippen molar-refractivity contribution in [2.45, 2.75) is 6.92 Å². The minimum absolute atomic E-state index is 0.0387. The molecule has 0 bridgehead atoms. The fourth-order valence-corrected chi connectivity index (χ4v) is 1.52. The Labute approximate surface area is 88.0 Å². The van der Waals surface area contributed by atoms with Gasteiger partial charge in [-0.05, 0) is 28.9 Å². The molecule has 2 nitrogen and oxygen atoms in total. The van der Waals surface area contributed by atoms with E-state index in [1.54, 1.807) is 0 Å². The molecule has 1 aromatic rings. The summed E-state index contributed by atoms with van der Waals surface area (Å²) in [6.45, 7) is 1.25. The highest BCUT2D eigenvalue weighted by molar-refractivity contribution is 9.10. The molecule has 0 aromatic heterocycles. The molecule has 1 aromatic carbocycles. The van der Waals surface area contributed by atoms with Gasteiger partial charge >= 0.3 is 5.97 Å². The Bertz CT molecular complexity index is 391. The first-order chi connectivity index (χ1) is 6.49. The third-order valence-corrected chi connectivity index (χ3v) is 2.36. The number of rotatable bonds is 1. The lowest BCUT2D eigenvalue weighted by atomic mass is 10.1. The predicted molar refractivity (Wildman–Crippen MR) is 50.1 cm³/mol. The molecule has 14 heavy (non-hydrogen) atoms. The highest BCUT2D eigenvalue weighted by Gasteiger charge is 2.19. The van der Waals surface area contributed by atoms with E-state index in [0.717, 1.165) is 13.2 Å². The van der Waals surface area contributed by atoms with Crippen LogP contribution in [0.1, 0.15) is 15.9 Å². The topological polar surface area (TPSA) is 26.3 Å². The quantitative estimate of drug-likeness (QED) is 0.576. The summed E-state index contributed by atoms with van der Waals surface area (Å²) in [7, 11) is 1.13. The van der Waals surface area contributed by atoms with Gasteiger partial charge in [0.25, 0.3) is 0 Å². The molecule has 0 unspecified atom stereocenters. The number of carbonyl (C=O) groups excluding carboxylic acids is 1. The molecule has 76 valence electrons. The van der Waals surface area contributed by atoms with Crippen molar-refractivity contribution in [1.82, 2.24) is 0 Å². The van der Waals surface area contributed by atoms with E-state index in [9.17, 15) is 13.6 Å². The molecular formula is C9H7BrF2O2. The Balaban J connectivity index is 3.40. The first kappa shape index (κ1) is 11.1. The van der Waals surface area contributed by atoms with Crippen molar-refractivity contribution in [3.8, 4) is 0 Å². The molecule has 0 radical (unpaired) electrons. The smallest absolute Gasteiger partial charge is 0.340 e. The van der Waals surface area contributed by atoms with E-state index >= 15 is 0 Å².